The topological polar surface area (TPSA) is 47.9 Å². The van der Waals surface area contributed by atoms with Crippen LogP contribution in [0.5, 0.6) is 0 Å². The van der Waals surface area contributed by atoms with Crippen LogP contribution in [0.2, 0.25) is 0 Å². The van der Waals surface area contributed by atoms with Crippen molar-refractivity contribution in [3.05, 3.63) is 12.3 Å². The van der Waals surface area contributed by atoms with Crippen LogP contribution in [0.3, 0.4) is 0 Å². The second-order valence-electron chi connectivity index (χ2n) is 3.80. The summed E-state index contributed by atoms with van der Waals surface area (Å²) in [5, 5.41) is 12.2. The van der Waals surface area contributed by atoms with Crippen LogP contribution >= 0.6 is 0 Å². The zero-order valence-corrected chi connectivity index (χ0v) is 11.6. The van der Waals surface area contributed by atoms with Crippen LogP contribution in [0, 0.1) is 5.92 Å². The average Bonchev–Trinajstić information content (AvgIpc) is 2.42. The van der Waals surface area contributed by atoms with Crippen molar-refractivity contribution in [2.24, 2.45) is 10.9 Å². The van der Waals surface area contributed by atoms with E-state index in [-0.39, 0.29) is 0 Å². The first-order chi connectivity index (χ1) is 8.31. The molecule has 0 amide bonds. The number of nitrogens with zero attached hydrogens (tertiary/aromatic N) is 2. The van der Waals surface area contributed by atoms with Gasteiger partial charge in [-0.1, -0.05) is 19.9 Å². The highest BCUT2D eigenvalue weighted by atomic mass is 16.3. The fourth-order valence-electron chi connectivity index (χ4n) is 1.78. The van der Waals surface area contributed by atoms with Crippen LogP contribution in [-0.2, 0) is 0 Å². The van der Waals surface area contributed by atoms with E-state index >= 15 is 0 Å². The smallest absolute Gasteiger partial charge is 0.197 e. The highest BCUT2D eigenvalue weighted by molar-refractivity contribution is 5.80. The van der Waals surface area contributed by atoms with E-state index in [0.717, 1.165) is 31.9 Å². The van der Waals surface area contributed by atoms with Gasteiger partial charge in [-0.05, 0) is 31.9 Å². The van der Waals surface area contributed by atoms with E-state index in [9.17, 15) is 0 Å². The second-order valence-corrected chi connectivity index (χ2v) is 3.80. The molecule has 1 fully saturated rings. The molecule has 0 radical (unpaired) electrons. The maximum absolute atomic E-state index is 9.04. The lowest BCUT2D eigenvalue weighted by Crippen LogP contribution is -2.44. The molecule has 0 unspecified atom stereocenters. The molecule has 1 aliphatic rings. The van der Waals surface area contributed by atoms with E-state index < -0.39 is 0 Å². The molecule has 4 nitrogen and oxygen atoms in total. The van der Waals surface area contributed by atoms with Gasteiger partial charge in [-0.15, -0.1) is 0 Å². The maximum Gasteiger partial charge on any atom is 0.197 e. The Kier molecular flexibility index (Phi) is 9.53. The Bertz CT molecular complexity index is 231. The molecular weight excluding hydrogens is 214 g/mol. The number of nitrogens with one attached hydrogen (secondary N) is 1. The number of aliphatic hydroxyl groups is 1. The Morgan fingerprint density at radius 3 is 2.41 bits per heavy atom. The van der Waals surface area contributed by atoms with Gasteiger partial charge in [-0.3, -0.25) is 4.99 Å². The Balaban J connectivity index is 0.00000121. The molecule has 0 bridgehead atoms. The molecule has 0 aromatic rings. The predicted molar refractivity (Wildman–Crippen MR) is 74.0 cm³/mol. The standard InChI is InChI=1S/C11H21N3O.C2H6/c1-3-6-13-11(12-2)14-7-4-10(9-15)5-8-14;1-2/h3,6,10,15H,4-5,7-9H2,1-2H3,(H,12,13);1-2H3/b6-3-;. The number of allylic oxidation sites excluding steroid dienone is 1. The van der Waals surface area contributed by atoms with Gasteiger partial charge in [0.25, 0.3) is 0 Å². The molecule has 1 saturated heterocycles. The summed E-state index contributed by atoms with van der Waals surface area (Å²) in [6.07, 6.45) is 5.94. The van der Waals surface area contributed by atoms with E-state index in [4.69, 9.17) is 5.11 Å². The minimum Gasteiger partial charge on any atom is -0.396 e. The van der Waals surface area contributed by atoms with Crippen LogP contribution in [0.1, 0.15) is 33.6 Å². The first kappa shape index (κ1) is 16.0. The fourth-order valence-corrected chi connectivity index (χ4v) is 1.78. The monoisotopic (exact) mass is 241 g/mol. The van der Waals surface area contributed by atoms with Crippen molar-refractivity contribution >= 4 is 5.96 Å². The van der Waals surface area contributed by atoms with Crippen LogP contribution in [0.25, 0.3) is 0 Å². The zero-order chi connectivity index (χ0) is 13.1. The fraction of sp³-hybridized carbons (Fsp3) is 0.769. The number of hydrogen-bond acceptors (Lipinski definition) is 2. The summed E-state index contributed by atoms with van der Waals surface area (Å²) in [7, 11) is 1.80. The normalized spacial score (nSPS) is 17.9. The highest BCUT2D eigenvalue weighted by Crippen LogP contribution is 2.16. The van der Waals surface area contributed by atoms with Crippen LogP contribution in [-0.4, -0.2) is 42.7 Å². The quantitative estimate of drug-likeness (QED) is 0.573. The van der Waals surface area contributed by atoms with Crippen molar-refractivity contribution in [1.29, 1.82) is 0 Å². The van der Waals surface area contributed by atoms with Gasteiger partial charge in [0.2, 0.25) is 0 Å². The van der Waals surface area contributed by atoms with E-state index in [0.29, 0.717) is 12.5 Å². The van der Waals surface area contributed by atoms with E-state index in [1.807, 2.05) is 33.0 Å². The van der Waals surface area contributed by atoms with Crippen molar-refractivity contribution in [3.63, 3.8) is 0 Å². The third kappa shape index (κ3) is 5.73. The lowest BCUT2D eigenvalue weighted by molar-refractivity contribution is 0.165. The van der Waals surface area contributed by atoms with Crippen molar-refractivity contribution < 1.29 is 5.11 Å². The summed E-state index contributed by atoms with van der Waals surface area (Å²) in [5.41, 5.74) is 0. The molecule has 17 heavy (non-hydrogen) atoms. The van der Waals surface area contributed by atoms with Gasteiger partial charge in [0.1, 0.15) is 0 Å². The summed E-state index contributed by atoms with van der Waals surface area (Å²) in [4.78, 5) is 6.45. The molecule has 1 aliphatic heterocycles. The molecule has 0 aromatic carbocycles. The molecular formula is C13H27N3O. The van der Waals surface area contributed by atoms with E-state index in [1.54, 1.807) is 7.05 Å². The first-order valence-electron chi connectivity index (χ1n) is 6.52. The number of hydrogen-bond donors (Lipinski definition) is 2. The maximum atomic E-state index is 9.04. The van der Waals surface area contributed by atoms with Crippen LogP contribution < -0.4 is 5.32 Å². The number of piperidine rings is 1. The summed E-state index contributed by atoms with van der Waals surface area (Å²) in [6, 6.07) is 0. The Hall–Kier alpha value is -1.03. The molecule has 0 aliphatic carbocycles. The molecule has 1 heterocycles. The largest absolute Gasteiger partial charge is 0.396 e. The molecule has 4 heteroatoms. The molecule has 0 spiro atoms. The van der Waals surface area contributed by atoms with E-state index in [2.05, 4.69) is 15.2 Å². The summed E-state index contributed by atoms with van der Waals surface area (Å²) in [6.45, 7) is 8.23. The number of aliphatic hydroxyl groups excluding tert-OH is 1. The van der Waals surface area contributed by atoms with Gasteiger partial charge >= 0.3 is 0 Å². The number of aliphatic imine (C=N–C) groups is 1. The van der Waals surface area contributed by atoms with Crippen molar-refractivity contribution in [3.8, 4) is 0 Å². The van der Waals surface area contributed by atoms with Gasteiger partial charge in [0, 0.05) is 26.7 Å². The predicted octanol–water partition coefficient (Wildman–Crippen LogP) is 1.83. The molecule has 0 aromatic heterocycles. The lowest BCUT2D eigenvalue weighted by atomic mass is 9.98. The van der Waals surface area contributed by atoms with Crippen molar-refractivity contribution in [2.75, 3.05) is 26.7 Å². The minimum absolute atomic E-state index is 0.314. The van der Waals surface area contributed by atoms with Crippen molar-refractivity contribution in [1.82, 2.24) is 10.2 Å². The number of guanidine groups is 1. The second kappa shape index (κ2) is 10.1. The average molecular weight is 241 g/mol. The molecule has 1 rings (SSSR count). The van der Waals surface area contributed by atoms with Gasteiger partial charge in [0.05, 0.1) is 0 Å². The highest BCUT2D eigenvalue weighted by Gasteiger charge is 2.20. The first-order valence-corrected chi connectivity index (χ1v) is 6.52. The summed E-state index contributed by atoms with van der Waals surface area (Å²) >= 11 is 0. The third-order valence-corrected chi connectivity index (χ3v) is 2.76. The Labute approximate surface area is 105 Å². The van der Waals surface area contributed by atoms with Gasteiger partial charge in [-0.2, -0.15) is 0 Å². The van der Waals surface area contributed by atoms with E-state index in [1.165, 1.54) is 0 Å². The van der Waals surface area contributed by atoms with Crippen LogP contribution in [0.4, 0.5) is 0 Å². The van der Waals surface area contributed by atoms with Gasteiger partial charge < -0.3 is 15.3 Å². The van der Waals surface area contributed by atoms with Crippen molar-refractivity contribution in [2.45, 2.75) is 33.6 Å². The minimum atomic E-state index is 0.314. The third-order valence-electron chi connectivity index (χ3n) is 2.76. The molecule has 2 N–H and O–H groups in total. The van der Waals surface area contributed by atoms with Gasteiger partial charge in [0.15, 0.2) is 5.96 Å². The number of rotatable bonds is 2. The van der Waals surface area contributed by atoms with Crippen LogP contribution in [0.15, 0.2) is 17.3 Å². The Morgan fingerprint density at radius 2 is 2.00 bits per heavy atom. The zero-order valence-electron chi connectivity index (χ0n) is 11.6. The summed E-state index contributed by atoms with van der Waals surface area (Å²) < 4.78 is 0. The lowest BCUT2D eigenvalue weighted by Gasteiger charge is -2.33. The summed E-state index contributed by atoms with van der Waals surface area (Å²) in [5.74, 6) is 1.39. The molecule has 0 saturated carbocycles. The molecule has 0 atom stereocenters. The Morgan fingerprint density at radius 1 is 1.41 bits per heavy atom. The molecule has 100 valence electrons. The van der Waals surface area contributed by atoms with Gasteiger partial charge in [-0.25, -0.2) is 0 Å². The SMILES string of the molecule is C/C=C\NC(=NC)N1CCC(CO)CC1.CC. The number of likely N-dealkylation sites (tertiary alicyclic amines) is 1.